The number of nitrogens with one attached hydrogen (secondary N) is 3. The Morgan fingerprint density at radius 1 is 1.13 bits per heavy atom. The lowest BCUT2D eigenvalue weighted by molar-refractivity contribution is 0.308. The van der Waals surface area contributed by atoms with Crippen molar-refractivity contribution >= 4 is 11.0 Å². The van der Waals surface area contributed by atoms with Crippen molar-refractivity contribution in [3.63, 3.8) is 0 Å². The molecule has 4 rings (SSSR count). The quantitative estimate of drug-likeness (QED) is 0.361. The zero-order chi connectivity index (χ0) is 20.9. The summed E-state index contributed by atoms with van der Waals surface area (Å²) in [7, 11) is 0. The van der Waals surface area contributed by atoms with Gasteiger partial charge >= 0.3 is 0 Å². The standard InChI is InChI=1S/C23H26FN5O/c1-15-12-18(30-11-3-9-25-10-8-17-13-26-14-27-17)4-5-19(15)23-28-21-7-6-20(24)16(2)22(21)29-23/h4-7,12-14,25H,3,8-11H2,1-2H3,(H,26,27)(H,28,29). The fourth-order valence-electron chi connectivity index (χ4n) is 3.46. The SMILES string of the molecule is Cc1cc(OCCCNCCc2cnc[nH]2)ccc1-c1nc2c(C)c(F)ccc2[nH]1. The number of nitrogens with zero attached hydrogens (tertiary/aromatic N) is 2. The molecule has 3 N–H and O–H groups in total. The first-order chi connectivity index (χ1) is 14.6. The van der Waals surface area contributed by atoms with Crippen LogP contribution >= 0.6 is 0 Å². The van der Waals surface area contributed by atoms with Crippen LogP contribution in [0.3, 0.4) is 0 Å². The van der Waals surface area contributed by atoms with Crippen molar-refractivity contribution in [1.82, 2.24) is 25.3 Å². The molecular weight excluding hydrogens is 381 g/mol. The summed E-state index contributed by atoms with van der Waals surface area (Å²) in [6.45, 7) is 6.24. The van der Waals surface area contributed by atoms with Gasteiger partial charge in [0.15, 0.2) is 0 Å². The number of aromatic amines is 2. The summed E-state index contributed by atoms with van der Waals surface area (Å²) in [6, 6.07) is 9.16. The molecular formula is C23H26FN5O. The van der Waals surface area contributed by atoms with Gasteiger partial charge in [0, 0.05) is 36.0 Å². The number of fused-ring (bicyclic) bond motifs is 1. The van der Waals surface area contributed by atoms with Crippen LogP contribution in [0.1, 0.15) is 23.2 Å². The molecule has 0 amide bonds. The van der Waals surface area contributed by atoms with E-state index in [1.54, 1.807) is 19.3 Å². The van der Waals surface area contributed by atoms with E-state index in [0.717, 1.165) is 59.8 Å². The molecule has 0 fully saturated rings. The highest BCUT2D eigenvalue weighted by molar-refractivity contribution is 5.83. The third kappa shape index (κ3) is 4.52. The zero-order valence-electron chi connectivity index (χ0n) is 17.3. The smallest absolute Gasteiger partial charge is 0.138 e. The molecule has 0 aliphatic heterocycles. The fraction of sp³-hybridized carbons (Fsp3) is 0.304. The molecule has 156 valence electrons. The van der Waals surface area contributed by atoms with E-state index in [1.807, 2.05) is 31.3 Å². The Morgan fingerprint density at radius 3 is 2.83 bits per heavy atom. The Labute approximate surface area is 174 Å². The second kappa shape index (κ2) is 9.09. The molecule has 30 heavy (non-hydrogen) atoms. The predicted octanol–water partition coefficient (Wildman–Crippen LogP) is 4.31. The van der Waals surface area contributed by atoms with Crippen molar-refractivity contribution in [3.8, 4) is 17.1 Å². The van der Waals surface area contributed by atoms with Gasteiger partial charge in [0.25, 0.3) is 0 Å². The monoisotopic (exact) mass is 407 g/mol. The Morgan fingerprint density at radius 2 is 2.03 bits per heavy atom. The Hall–Kier alpha value is -3.19. The third-order valence-electron chi connectivity index (χ3n) is 5.19. The second-order valence-electron chi connectivity index (χ2n) is 7.41. The van der Waals surface area contributed by atoms with E-state index in [2.05, 4.69) is 25.3 Å². The van der Waals surface area contributed by atoms with Crippen molar-refractivity contribution < 1.29 is 9.13 Å². The molecule has 0 radical (unpaired) electrons. The summed E-state index contributed by atoms with van der Waals surface area (Å²) >= 11 is 0. The number of ether oxygens (including phenoxy) is 1. The van der Waals surface area contributed by atoms with Gasteiger partial charge in [-0.05, 0) is 62.7 Å². The van der Waals surface area contributed by atoms with Crippen molar-refractivity contribution in [2.75, 3.05) is 19.7 Å². The average molecular weight is 407 g/mol. The molecule has 2 aromatic heterocycles. The largest absolute Gasteiger partial charge is 0.494 e. The van der Waals surface area contributed by atoms with Gasteiger partial charge < -0.3 is 20.0 Å². The second-order valence-corrected chi connectivity index (χ2v) is 7.41. The first-order valence-electron chi connectivity index (χ1n) is 10.2. The number of hydrogen-bond acceptors (Lipinski definition) is 4. The van der Waals surface area contributed by atoms with Crippen molar-refractivity contribution in [1.29, 1.82) is 0 Å². The first-order valence-corrected chi connectivity index (χ1v) is 10.2. The number of aryl methyl sites for hydroxylation is 2. The van der Waals surface area contributed by atoms with Gasteiger partial charge in [-0.25, -0.2) is 14.4 Å². The maximum Gasteiger partial charge on any atom is 0.138 e. The van der Waals surface area contributed by atoms with Crippen LogP contribution in [0.5, 0.6) is 5.75 Å². The lowest BCUT2D eigenvalue weighted by Gasteiger charge is -2.09. The molecule has 0 unspecified atom stereocenters. The molecule has 0 saturated carbocycles. The highest BCUT2D eigenvalue weighted by Crippen LogP contribution is 2.28. The number of aromatic nitrogens is 4. The molecule has 0 aliphatic carbocycles. The van der Waals surface area contributed by atoms with E-state index in [-0.39, 0.29) is 5.82 Å². The average Bonchev–Trinajstić information content (AvgIpc) is 3.40. The van der Waals surface area contributed by atoms with Crippen molar-refractivity contribution in [2.24, 2.45) is 0 Å². The molecule has 4 aromatic rings. The molecule has 7 heteroatoms. The van der Waals surface area contributed by atoms with Crippen LogP contribution in [0, 0.1) is 19.7 Å². The number of rotatable bonds is 9. The van der Waals surface area contributed by atoms with Crippen molar-refractivity contribution in [3.05, 3.63) is 65.5 Å². The van der Waals surface area contributed by atoms with Crippen LogP contribution in [-0.2, 0) is 6.42 Å². The van der Waals surface area contributed by atoms with Gasteiger partial charge in [-0.3, -0.25) is 0 Å². The molecule has 0 bridgehead atoms. The van der Waals surface area contributed by atoms with Crippen LogP contribution in [0.4, 0.5) is 4.39 Å². The summed E-state index contributed by atoms with van der Waals surface area (Å²) in [5, 5.41) is 3.41. The topological polar surface area (TPSA) is 78.6 Å². The Balaban J connectivity index is 1.29. The third-order valence-corrected chi connectivity index (χ3v) is 5.19. The number of benzene rings is 2. The minimum absolute atomic E-state index is 0.239. The van der Waals surface area contributed by atoms with E-state index >= 15 is 0 Å². The lowest BCUT2D eigenvalue weighted by Crippen LogP contribution is -2.20. The number of H-pyrrole nitrogens is 2. The van der Waals surface area contributed by atoms with Gasteiger partial charge in [-0.2, -0.15) is 0 Å². The molecule has 2 heterocycles. The summed E-state index contributed by atoms with van der Waals surface area (Å²) in [5.74, 6) is 1.34. The van der Waals surface area contributed by atoms with Crippen LogP contribution in [-0.4, -0.2) is 39.6 Å². The molecule has 0 atom stereocenters. The van der Waals surface area contributed by atoms with E-state index in [1.165, 1.54) is 6.07 Å². The Kier molecular flexibility index (Phi) is 6.09. The van der Waals surface area contributed by atoms with E-state index in [4.69, 9.17) is 4.74 Å². The van der Waals surface area contributed by atoms with Gasteiger partial charge in [-0.15, -0.1) is 0 Å². The normalized spacial score (nSPS) is 11.3. The van der Waals surface area contributed by atoms with Gasteiger partial charge in [0.05, 0.1) is 24.0 Å². The minimum Gasteiger partial charge on any atom is -0.494 e. The highest BCUT2D eigenvalue weighted by atomic mass is 19.1. The summed E-state index contributed by atoms with van der Waals surface area (Å²) < 4.78 is 19.7. The van der Waals surface area contributed by atoms with Gasteiger partial charge in [0.2, 0.25) is 0 Å². The predicted molar refractivity (Wildman–Crippen MR) is 116 cm³/mol. The van der Waals surface area contributed by atoms with Gasteiger partial charge in [0.1, 0.15) is 17.4 Å². The van der Waals surface area contributed by atoms with Crippen LogP contribution in [0.15, 0.2) is 42.9 Å². The van der Waals surface area contributed by atoms with Crippen molar-refractivity contribution in [2.45, 2.75) is 26.7 Å². The highest BCUT2D eigenvalue weighted by Gasteiger charge is 2.12. The molecule has 6 nitrogen and oxygen atoms in total. The fourth-order valence-corrected chi connectivity index (χ4v) is 3.46. The maximum absolute atomic E-state index is 13.8. The minimum atomic E-state index is -0.239. The summed E-state index contributed by atoms with van der Waals surface area (Å²) in [5.41, 5.74) is 5.25. The molecule has 0 saturated heterocycles. The first kappa shape index (κ1) is 20.1. The van der Waals surface area contributed by atoms with Crippen LogP contribution in [0.2, 0.25) is 0 Å². The van der Waals surface area contributed by atoms with E-state index in [9.17, 15) is 4.39 Å². The van der Waals surface area contributed by atoms with Crippen LogP contribution in [0.25, 0.3) is 22.4 Å². The number of hydrogen-bond donors (Lipinski definition) is 3. The van der Waals surface area contributed by atoms with Gasteiger partial charge in [-0.1, -0.05) is 0 Å². The molecule has 2 aromatic carbocycles. The van der Waals surface area contributed by atoms with Crippen LogP contribution < -0.4 is 10.1 Å². The maximum atomic E-state index is 13.8. The summed E-state index contributed by atoms with van der Waals surface area (Å²) in [4.78, 5) is 15.0. The van der Waals surface area contributed by atoms with E-state index < -0.39 is 0 Å². The van der Waals surface area contributed by atoms with E-state index in [0.29, 0.717) is 17.7 Å². The molecule has 0 aliphatic rings. The molecule has 0 spiro atoms. The zero-order valence-corrected chi connectivity index (χ0v) is 17.3. The Bertz CT molecular complexity index is 1120. The summed E-state index contributed by atoms with van der Waals surface area (Å²) in [6.07, 6.45) is 5.42. The lowest BCUT2D eigenvalue weighted by atomic mass is 10.1. The number of imidazole rings is 2. The number of halogens is 1.